The van der Waals surface area contributed by atoms with Crippen LogP contribution >= 0.6 is 0 Å². The van der Waals surface area contributed by atoms with E-state index in [1.165, 1.54) is 25.7 Å². The van der Waals surface area contributed by atoms with Crippen LogP contribution in [0.2, 0.25) is 0 Å². The first kappa shape index (κ1) is 30.4. The molecule has 2 saturated heterocycles. The van der Waals surface area contributed by atoms with Gasteiger partial charge in [0.15, 0.2) is 0 Å². The number of hydrogen-bond acceptors (Lipinski definition) is 6. The van der Waals surface area contributed by atoms with E-state index in [4.69, 9.17) is 9.47 Å². The molecule has 10 heteroatoms. The van der Waals surface area contributed by atoms with Gasteiger partial charge in [-0.1, -0.05) is 6.42 Å². The van der Waals surface area contributed by atoms with E-state index in [9.17, 15) is 14.4 Å². The van der Waals surface area contributed by atoms with Crippen LogP contribution in [0.25, 0.3) is 0 Å². The highest BCUT2D eigenvalue weighted by atomic mass is 16.6. The van der Waals surface area contributed by atoms with Gasteiger partial charge in [-0.25, -0.2) is 14.6 Å². The van der Waals surface area contributed by atoms with E-state index in [-0.39, 0.29) is 18.3 Å². The van der Waals surface area contributed by atoms with Gasteiger partial charge < -0.3 is 28.7 Å². The molecule has 0 aromatic carbocycles. The lowest BCUT2D eigenvalue weighted by molar-refractivity contribution is -0.118. The molecule has 0 unspecified atom stereocenters. The molecule has 37 heavy (non-hydrogen) atoms. The van der Waals surface area contributed by atoms with Gasteiger partial charge in [0, 0.05) is 52.5 Å². The Morgan fingerprint density at radius 2 is 1.43 bits per heavy atom. The highest BCUT2D eigenvalue weighted by Gasteiger charge is 2.29. The van der Waals surface area contributed by atoms with Gasteiger partial charge in [-0.05, 0) is 72.6 Å². The van der Waals surface area contributed by atoms with Crippen LogP contribution in [0.5, 0.6) is 0 Å². The number of amides is 3. The molecular weight excluding hydrogens is 474 g/mol. The van der Waals surface area contributed by atoms with Crippen LogP contribution in [0.3, 0.4) is 0 Å². The maximum atomic E-state index is 12.1. The quantitative estimate of drug-likeness (QED) is 0.536. The second kappa shape index (κ2) is 15.5. The third-order valence-corrected chi connectivity index (χ3v) is 6.38. The number of imidazole rings is 1. The van der Waals surface area contributed by atoms with Gasteiger partial charge in [-0.3, -0.25) is 4.79 Å². The van der Waals surface area contributed by atoms with Crippen LogP contribution in [-0.2, 0) is 21.3 Å². The van der Waals surface area contributed by atoms with Crippen molar-refractivity contribution < 1.29 is 23.9 Å². The smallest absolute Gasteiger partial charge is 0.410 e. The van der Waals surface area contributed by atoms with Crippen molar-refractivity contribution in [3.05, 3.63) is 18.2 Å². The molecule has 3 fully saturated rings. The van der Waals surface area contributed by atoms with Crippen molar-refractivity contribution in [3.63, 3.8) is 0 Å². The van der Waals surface area contributed by atoms with Crippen molar-refractivity contribution in [1.82, 2.24) is 24.3 Å². The SMILES string of the molecule is CC(C)(C)OC(=O)N1CCN(C(=O)OC2CCCCC2)CC1.Cc1cn(C)cn1.O=CN1CCCCC1. The van der Waals surface area contributed by atoms with E-state index in [0.717, 1.165) is 50.9 Å². The highest BCUT2D eigenvalue weighted by molar-refractivity contribution is 5.70. The lowest BCUT2D eigenvalue weighted by Gasteiger charge is -2.36. The van der Waals surface area contributed by atoms with Crippen molar-refractivity contribution in [1.29, 1.82) is 0 Å². The normalized spacial score (nSPS) is 18.6. The summed E-state index contributed by atoms with van der Waals surface area (Å²) in [5, 5.41) is 0. The summed E-state index contributed by atoms with van der Waals surface area (Å²) in [6.45, 7) is 11.5. The average molecular weight is 522 g/mol. The summed E-state index contributed by atoms with van der Waals surface area (Å²) in [4.78, 5) is 43.4. The van der Waals surface area contributed by atoms with E-state index < -0.39 is 5.60 Å². The molecule has 3 aliphatic rings. The summed E-state index contributed by atoms with van der Waals surface area (Å²) in [6, 6.07) is 0. The summed E-state index contributed by atoms with van der Waals surface area (Å²) in [5.74, 6) is 0. The minimum atomic E-state index is -0.492. The number of carbonyl (C=O) groups excluding carboxylic acids is 3. The van der Waals surface area contributed by atoms with Gasteiger partial charge in [0.1, 0.15) is 11.7 Å². The molecule has 1 aliphatic carbocycles. The van der Waals surface area contributed by atoms with Gasteiger partial charge in [-0.2, -0.15) is 0 Å². The lowest BCUT2D eigenvalue weighted by atomic mass is 9.98. The van der Waals surface area contributed by atoms with Crippen molar-refractivity contribution in [2.24, 2.45) is 7.05 Å². The predicted octanol–water partition coefficient (Wildman–Crippen LogP) is 4.37. The van der Waals surface area contributed by atoms with Crippen LogP contribution in [0.4, 0.5) is 9.59 Å². The zero-order valence-electron chi connectivity index (χ0n) is 23.5. The molecule has 0 N–H and O–H groups in total. The van der Waals surface area contributed by atoms with Gasteiger partial charge in [0.2, 0.25) is 6.41 Å². The van der Waals surface area contributed by atoms with Crippen LogP contribution in [0.1, 0.15) is 77.8 Å². The molecule has 4 rings (SSSR count). The number of ether oxygens (including phenoxy) is 2. The largest absolute Gasteiger partial charge is 0.446 e. The van der Waals surface area contributed by atoms with Crippen molar-refractivity contribution in [2.75, 3.05) is 39.3 Å². The fourth-order valence-electron chi connectivity index (χ4n) is 4.37. The highest BCUT2D eigenvalue weighted by Crippen LogP contribution is 2.21. The summed E-state index contributed by atoms with van der Waals surface area (Å²) >= 11 is 0. The monoisotopic (exact) mass is 521 g/mol. The minimum absolute atomic E-state index is 0.0742. The fourth-order valence-corrected chi connectivity index (χ4v) is 4.37. The number of rotatable bonds is 2. The Morgan fingerprint density at radius 3 is 1.84 bits per heavy atom. The molecule has 210 valence electrons. The molecular formula is C27H47N5O5. The Balaban J connectivity index is 0.000000259. The lowest BCUT2D eigenvalue weighted by Crippen LogP contribution is -2.52. The Hall–Kier alpha value is -2.78. The summed E-state index contributed by atoms with van der Waals surface area (Å²) in [5.41, 5.74) is 0.580. The molecule has 1 saturated carbocycles. The predicted molar refractivity (Wildman–Crippen MR) is 142 cm³/mol. The van der Waals surface area contributed by atoms with Crippen molar-refractivity contribution in [2.45, 2.75) is 90.8 Å². The third kappa shape index (κ3) is 12.3. The summed E-state index contributed by atoms with van der Waals surface area (Å²) in [6.07, 6.45) is 13.4. The maximum Gasteiger partial charge on any atom is 0.410 e. The Labute approximate surface area is 222 Å². The summed E-state index contributed by atoms with van der Waals surface area (Å²) < 4.78 is 12.8. The molecule has 2 aliphatic heterocycles. The van der Waals surface area contributed by atoms with E-state index in [1.807, 2.05) is 50.4 Å². The molecule has 0 atom stereocenters. The van der Waals surface area contributed by atoms with Crippen LogP contribution in [-0.4, -0.2) is 93.8 Å². The molecule has 10 nitrogen and oxygen atoms in total. The van der Waals surface area contributed by atoms with Gasteiger partial charge in [-0.15, -0.1) is 0 Å². The Bertz CT molecular complexity index is 801. The number of piperidine rings is 1. The number of carbonyl (C=O) groups is 3. The van der Waals surface area contributed by atoms with Crippen LogP contribution in [0, 0.1) is 6.92 Å². The maximum absolute atomic E-state index is 12.1. The van der Waals surface area contributed by atoms with Gasteiger partial charge >= 0.3 is 12.2 Å². The second-order valence-corrected chi connectivity index (χ2v) is 11.0. The van der Waals surface area contributed by atoms with E-state index >= 15 is 0 Å². The average Bonchev–Trinajstić information content (AvgIpc) is 3.27. The standard InChI is InChI=1S/C16H28N2O4.C6H11NO.C5H8N2/c1-16(2,3)22-15(20)18-11-9-17(10-12-18)14(19)21-13-7-5-4-6-8-13;8-6-7-4-2-1-3-5-7;1-5-3-7(2)4-6-5/h13H,4-12H2,1-3H3;6H,1-5H2;3-4H,1-2H3. The molecule has 0 bridgehead atoms. The van der Waals surface area contributed by atoms with E-state index in [2.05, 4.69) is 4.98 Å². The van der Waals surface area contributed by atoms with Gasteiger partial charge in [0.05, 0.1) is 12.0 Å². The topological polar surface area (TPSA) is 97.2 Å². The first-order valence-corrected chi connectivity index (χ1v) is 13.6. The Kier molecular flexibility index (Phi) is 12.7. The molecule has 0 spiro atoms. The van der Waals surface area contributed by atoms with Crippen molar-refractivity contribution >= 4 is 18.6 Å². The molecule has 3 heterocycles. The first-order valence-electron chi connectivity index (χ1n) is 13.6. The first-order chi connectivity index (χ1) is 17.6. The number of piperazine rings is 1. The summed E-state index contributed by atoms with van der Waals surface area (Å²) in [7, 11) is 1.96. The van der Waals surface area contributed by atoms with E-state index in [1.54, 1.807) is 16.1 Å². The zero-order chi connectivity index (χ0) is 27.3. The molecule has 0 radical (unpaired) electrons. The van der Waals surface area contributed by atoms with E-state index in [0.29, 0.717) is 26.2 Å². The van der Waals surface area contributed by atoms with Gasteiger partial charge in [0.25, 0.3) is 0 Å². The molecule has 1 aromatic heterocycles. The zero-order valence-corrected chi connectivity index (χ0v) is 23.5. The molecule has 3 amide bonds. The fraction of sp³-hybridized carbons (Fsp3) is 0.778. The molecule has 1 aromatic rings. The second-order valence-electron chi connectivity index (χ2n) is 11.0. The minimum Gasteiger partial charge on any atom is -0.446 e. The van der Waals surface area contributed by atoms with Crippen molar-refractivity contribution in [3.8, 4) is 0 Å². The van der Waals surface area contributed by atoms with Crippen LogP contribution < -0.4 is 0 Å². The third-order valence-electron chi connectivity index (χ3n) is 6.38. The number of aryl methyl sites for hydroxylation is 2. The number of hydrogen-bond donors (Lipinski definition) is 0. The number of likely N-dealkylation sites (tertiary alicyclic amines) is 1. The van der Waals surface area contributed by atoms with Crippen LogP contribution in [0.15, 0.2) is 12.5 Å². The number of nitrogens with zero attached hydrogens (tertiary/aromatic N) is 5. The number of aromatic nitrogens is 2. The Morgan fingerprint density at radius 1 is 0.892 bits per heavy atom.